The number of aromatic amines is 1. The minimum absolute atomic E-state index is 0.000805. The van der Waals surface area contributed by atoms with Gasteiger partial charge in [-0.1, -0.05) is 30.3 Å². The van der Waals surface area contributed by atoms with Crippen LogP contribution in [0.15, 0.2) is 48.5 Å². The van der Waals surface area contributed by atoms with Crippen LogP contribution in [0.1, 0.15) is 22.0 Å². The SMILES string of the molecule is O=C(c1ccc2n[nH]nc2c1)N1CCOC(c2ccccc2)C1. The Balaban J connectivity index is 1.55. The van der Waals surface area contributed by atoms with E-state index in [-0.39, 0.29) is 12.0 Å². The summed E-state index contributed by atoms with van der Waals surface area (Å²) >= 11 is 0. The van der Waals surface area contributed by atoms with Crippen LogP contribution in [0, 0.1) is 0 Å². The number of H-pyrrole nitrogens is 1. The fourth-order valence-electron chi connectivity index (χ4n) is 2.86. The van der Waals surface area contributed by atoms with Gasteiger partial charge in [0.15, 0.2) is 0 Å². The van der Waals surface area contributed by atoms with Crippen molar-refractivity contribution in [1.29, 1.82) is 0 Å². The summed E-state index contributed by atoms with van der Waals surface area (Å²) in [5, 5.41) is 10.6. The molecule has 1 aromatic heterocycles. The summed E-state index contributed by atoms with van der Waals surface area (Å²) in [5.41, 5.74) is 3.17. The zero-order valence-corrected chi connectivity index (χ0v) is 12.5. The number of nitrogens with zero attached hydrogens (tertiary/aromatic N) is 3. The zero-order valence-electron chi connectivity index (χ0n) is 12.5. The molecular formula is C17H16N4O2. The van der Waals surface area contributed by atoms with Crippen molar-refractivity contribution in [2.24, 2.45) is 0 Å². The molecule has 2 aromatic carbocycles. The minimum atomic E-state index is -0.0790. The van der Waals surface area contributed by atoms with Gasteiger partial charge in [0, 0.05) is 12.1 Å². The topological polar surface area (TPSA) is 71.1 Å². The predicted molar refractivity (Wildman–Crippen MR) is 84.9 cm³/mol. The highest BCUT2D eigenvalue weighted by molar-refractivity contribution is 5.97. The number of morpholine rings is 1. The summed E-state index contributed by atoms with van der Waals surface area (Å²) in [6.07, 6.45) is -0.0790. The summed E-state index contributed by atoms with van der Waals surface area (Å²) in [5.74, 6) is -0.000805. The lowest BCUT2D eigenvalue weighted by atomic mass is 10.1. The van der Waals surface area contributed by atoms with Crippen molar-refractivity contribution in [3.05, 3.63) is 59.7 Å². The van der Waals surface area contributed by atoms with Crippen molar-refractivity contribution >= 4 is 16.9 Å². The molecule has 6 nitrogen and oxygen atoms in total. The van der Waals surface area contributed by atoms with Crippen molar-refractivity contribution in [2.75, 3.05) is 19.7 Å². The van der Waals surface area contributed by atoms with E-state index in [1.807, 2.05) is 35.2 Å². The largest absolute Gasteiger partial charge is 0.370 e. The number of hydrogen-bond donors (Lipinski definition) is 1. The van der Waals surface area contributed by atoms with Crippen LogP contribution in [0.4, 0.5) is 0 Å². The molecule has 23 heavy (non-hydrogen) atoms. The fraction of sp³-hybridized carbons (Fsp3) is 0.235. The van der Waals surface area contributed by atoms with Crippen LogP contribution < -0.4 is 0 Å². The maximum atomic E-state index is 12.8. The maximum Gasteiger partial charge on any atom is 0.254 e. The Kier molecular flexibility index (Phi) is 3.51. The van der Waals surface area contributed by atoms with Crippen molar-refractivity contribution in [2.45, 2.75) is 6.10 Å². The van der Waals surface area contributed by atoms with Crippen molar-refractivity contribution < 1.29 is 9.53 Å². The Morgan fingerprint density at radius 3 is 2.83 bits per heavy atom. The van der Waals surface area contributed by atoms with Crippen LogP contribution in [-0.2, 0) is 4.74 Å². The highest BCUT2D eigenvalue weighted by Crippen LogP contribution is 2.23. The van der Waals surface area contributed by atoms with Crippen molar-refractivity contribution in [3.8, 4) is 0 Å². The number of carbonyl (C=O) groups is 1. The first-order valence-corrected chi connectivity index (χ1v) is 7.57. The molecule has 0 bridgehead atoms. The van der Waals surface area contributed by atoms with E-state index < -0.39 is 0 Å². The number of aromatic nitrogens is 3. The lowest BCUT2D eigenvalue weighted by Crippen LogP contribution is -2.42. The van der Waals surface area contributed by atoms with Gasteiger partial charge in [-0.05, 0) is 23.8 Å². The Bertz CT molecular complexity index is 831. The third kappa shape index (κ3) is 2.68. The molecule has 1 amide bonds. The molecule has 116 valence electrons. The van der Waals surface area contributed by atoms with E-state index in [0.717, 1.165) is 11.1 Å². The van der Waals surface area contributed by atoms with Gasteiger partial charge in [0.05, 0.1) is 13.2 Å². The predicted octanol–water partition coefficient (Wildman–Crippen LogP) is 2.17. The first-order valence-electron chi connectivity index (χ1n) is 7.57. The monoisotopic (exact) mass is 308 g/mol. The van der Waals surface area contributed by atoms with Gasteiger partial charge in [0.25, 0.3) is 5.91 Å². The highest BCUT2D eigenvalue weighted by atomic mass is 16.5. The van der Waals surface area contributed by atoms with E-state index in [9.17, 15) is 4.79 Å². The number of amides is 1. The summed E-state index contributed by atoms with van der Waals surface area (Å²) in [6.45, 7) is 1.69. The molecule has 4 rings (SSSR count). The van der Waals surface area contributed by atoms with E-state index in [0.29, 0.717) is 30.8 Å². The molecule has 3 aromatic rings. The molecular weight excluding hydrogens is 292 g/mol. The Morgan fingerprint density at radius 2 is 1.96 bits per heavy atom. The van der Waals surface area contributed by atoms with E-state index in [2.05, 4.69) is 15.4 Å². The summed E-state index contributed by atoms with van der Waals surface area (Å²) in [6, 6.07) is 15.4. The maximum absolute atomic E-state index is 12.8. The second-order valence-electron chi connectivity index (χ2n) is 5.55. The molecule has 1 unspecified atom stereocenters. The van der Waals surface area contributed by atoms with Crippen LogP contribution in [0.5, 0.6) is 0 Å². The second-order valence-corrected chi connectivity index (χ2v) is 5.55. The van der Waals surface area contributed by atoms with E-state index in [1.54, 1.807) is 18.2 Å². The number of fused-ring (bicyclic) bond motifs is 1. The Hall–Kier alpha value is -2.73. The highest BCUT2D eigenvalue weighted by Gasteiger charge is 2.26. The normalized spacial score (nSPS) is 18.3. The molecule has 0 spiro atoms. The van der Waals surface area contributed by atoms with Gasteiger partial charge < -0.3 is 9.64 Å². The van der Waals surface area contributed by atoms with E-state index in [4.69, 9.17) is 4.74 Å². The summed E-state index contributed by atoms with van der Waals surface area (Å²) in [7, 11) is 0. The van der Waals surface area contributed by atoms with Crippen LogP contribution in [0.25, 0.3) is 11.0 Å². The van der Waals surface area contributed by atoms with Crippen molar-refractivity contribution in [1.82, 2.24) is 20.3 Å². The quantitative estimate of drug-likeness (QED) is 0.787. The van der Waals surface area contributed by atoms with Gasteiger partial charge in [0.1, 0.15) is 17.1 Å². The number of ether oxygens (including phenoxy) is 1. The van der Waals surface area contributed by atoms with Gasteiger partial charge in [0.2, 0.25) is 0 Å². The number of benzene rings is 2. The smallest absolute Gasteiger partial charge is 0.254 e. The molecule has 1 saturated heterocycles. The van der Waals surface area contributed by atoms with Gasteiger partial charge in [-0.25, -0.2) is 0 Å². The van der Waals surface area contributed by atoms with Crippen molar-refractivity contribution in [3.63, 3.8) is 0 Å². The standard InChI is InChI=1S/C17H16N4O2/c22-17(13-6-7-14-15(10-13)19-20-18-14)21-8-9-23-16(11-21)12-4-2-1-3-5-12/h1-7,10,16H,8-9,11H2,(H,18,19,20). The molecule has 0 radical (unpaired) electrons. The third-order valence-electron chi connectivity index (χ3n) is 4.09. The Morgan fingerprint density at radius 1 is 1.13 bits per heavy atom. The first-order chi connectivity index (χ1) is 11.3. The molecule has 6 heteroatoms. The first kappa shape index (κ1) is 13.9. The molecule has 1 fully saturated rings. The number of hydrogen-bond acceptors (Lipinski definition) is 4. The van der Waals surface area contributed by atoms with E-state index >= 15 is 0 Å². The average Bonchev–Trinajstić information content (AvgIpc) is 3.09. The van der Waals surface area contributed by atoms with Crippen LogP contribution in [-0.4, -0.2) is 45.9 Å². The average molecular weight is 308 g/mol. The number of rotatable bonds is 2. The van der Waals surface area contributed by atoms with Crippen LogP contribution >= 0.6 is 0 Å². The molecule has 1 atom stereocenters. The summed E-state index contributed by atoms with van der Waals surface area (Å²) in [4.78, 5) is 14.6. The fourth-order valence-corrected chi connectivity index (χ4v) is 2.86. The van der Waals surface area contributed by atoms with Crippen LogP contribution in [0.2, 0.25) is 0 Å². The van der Waals surface area contributed by atoms with Gasteiger partial charge in [-0.3, -0.25) is 4.79 Å². The van der Waals surface area contributed by atoms with Gasteiger partial charge in [-0.15, -0.1) is 0 Å². The molecule has 2 heterocycles. The second kappa shape index (κ2) is 5.81. The lowest BCUT2D eigenvalue weighted by Gasteiger charge is -2.33. The number of carbonyl (C=O) groups excluding carboxylic acids is 1. The molecule has 0 saturated carbocycles. The third-order valence-corrected chi connectivity index (χ3v) is 4.09. The Labute approximate surface area is 133 Å². The molecule has 1 aliphatic heterocycles. The lowest BCUT2D eigenvalue weighted by molar-refractivity contribution is -0.0228. The van der Waals surface area contributed by atoms with Gasteiger partial charge >= 0.3 is 0 Å². The molecule has 0 aliphatic carbocycles. The minimum Gasteiger partial charge on any atom is -0.370 e. The number of nitrogens with one attached hydrogen (secondary N) is 1. The van der Waals surface area contributed by atoms with E-state index in [1.165, 1.54) is 0 Å². The van der Waals surface area contributed by atoms with Gasteiger partial charge in [-0.2, -0.15) is 15.4 Å². The molecule has 1 aliphatic rings. The summed E-state index contributed by atoms with van der Waals surface area (Å²) < 4.78 is 5.82. The molecule has 1 N–H and O–H groups in total. The van der Waals surface area contributed by atoms with Crippen LogP contribution in [0.3, 0.4) is 0 Å². The zero-order chi connectivity index (χ0) is 15.6.